The van der Waals surface area contributed by atoms with Crippen molar-refractivity contribution in [3.05, 3.63) is 71.7 Å². The van der Waals surface area contributed by atoms with E-state index in [9.17, 15) is 0 Å². The van der Waals surface area contributed by atoms with E-state index in [1.165, 1.54) is 16.6 Å². The van der Waals surface area contributed by atoms with Crippen molar-refractivity contribution in [1.82, 2.24) is 19.6 Å². The zero-order valence-corrected chi connectivity index (χ0v) is 25.2. The molecule has 1 aromatic carbocycles. The van der Waals surface area contributed by atoms with Gasteiger partial charge in [-0.15, -0.1) is 0 Å². The third kappa shape index (κ3) is 6.97. The van der Waals surface area contributed by atoms with E-state index in [0.717, 1.165) is 30.5 Å². The minimum Gasteiger partial charge on any atom is -0.381 e. The lowest BCUT2D eigenvalue weighted by molar-refractivity contribution is -0.0391. The largest absolute Gasteiger partial charge is 0.381 e. The summed E-state index contributed by atoms with van der Waals surface area (Å²) >= 11 is 0. The van der Waals surface area contributed by atoms with Crippen molar-refractivity contribution >= 4 is 17.2 Å². The third-order valence-electron chi connectivity index (χ3n) is 8.66. The Labute approximate surface area is 260 Å². The molecule has 10 nitrogen and oxygen atoms in total. The number of fused-ring (bicyclic) bond motifs is 1. The van der Waals surface area contributed by atoms with Crippen molar-refractivity contribution in [3.63, 3.8) is 0 Å². The molecule has 2 aliphatic rings. The lowest BCUT2D eigenvalue weighted by Crippen LogP contribution is -2.46. The van der Waals surface area contributed by atoms with Crippen LogP contribution < -0.4 is 11.1 Å². The maximum Gasteiger partial charge on any atom is 0.229 e. The zero-order valence-electron chi connectivity index (χ0n) is 25.2. The second-order valence-corrected chi connectivity index (χ2v) is 11.8. The fourth-order valence-electron chi connectivity index (χ4n) is 6.44. The molecule has 1 saturated heterocycles. The van der Waals surface area contributed by atoms with Gasteiger partial charge in [0.1, 0.15) is 11.6 Å². The van der Waals surface area contributed by atoms with E-state index in [-0.39, 0.29) is 47.9 Å². The lowest BCUT2D eigenvalue weighted by Gasteiger charge is -2.39. The van der Waals surface area contributed by atoms with Gasteiger partial charge in [-0.1, -0.05) is 6.92 Å². The number of nitrogens with zero attached hydrogens (tertiary/aromatic N) is 5. The molecule has 1 saturated carbocycles. The predicted octanol–water partition coefficient (Wildman–Crippen LogP) is 5.65. The molecule has 3 N–H and O–H groups in total. The Kier molecular flexibility index (Phi) is 9.61. The van der Waals surface area contributed by atoms with Crippen LogP contribution in [0.3, 0.4) is 0 Å². The van der Waals surface area contributed by atoms with Gasteiger partial charge in [0, 0.05) is 25.5 Å². The number of hydrogen-bond acceptors (Lipinski definition) is 9. The first-order valence-electron chi connectivity index (χ1n) is 15.4. The summed E-state index contributed by atoms with van der Waals surface area (Å²) in [5.74, 6) is -0.708. The number of benzene rings is 1. The molecule has 45 heavy (non-hydrogen) atoms. The van der Waals surface area contributed by atoms with Crippen LogP contribution in [0.4, 0.5) is 20.4 Å². The Morgan fingerprint density at radius 1 is 1.11 bits per heavy atom. The van der Waals surface area contributed by atoms with Gasteiger partial charge in [-0.05, 0) is 79.0 Å². The summed E-state index contributed by atoms with van der Waals surface area (Å²) in [6.45, 7) is 3.87. The fourth-order valence-corrected chi connectivity index (χ4v) is 6.44. The van der Waals surface area contributed by atoms with Crippen LogP contribution in [-0.4, -0.2) is 57.7 Å². The Hall–Kier alpha value is -4.02. The third-order valence-corrected chi connectivity index (χ3v) is 8.66. The molecule has 2 fully saturated rings. The van der Waals surface area contributed by atoms with Crippen LogP contribution in [0.2, 0.25) is 0 Å². The molecule has 0 radical (unpaired) electrons. The maximum absolute atomic E-state index is 15.3. The van der Waals surface area contributed by atoms with Gasteiger partial charge >= 0.3 is 0 Å². The predicted molar refractivity (Wildman–Crippen MR) is 164 cm³/mol. The molecular formula is C33H37F2N7O3. The van der Waals surface area contributed by atoms with Crippen LogP contribution in [0.5, 0.6) is 0 Å². The number of imidazole rings is 1. The van der Waals surface area contributed by atoms with Crippen LogP contribution in [0.25, 0.3) is 16.8 Å². The van der Waals surface area contributed by atoms with Crippen molar-refractivity contribution in [1.29, 1.82) is 5.26 Å². The second kappa shape index (κ2) is 14.0. The first-order chi connectivity index (χ1) is 21.9. The van der Waals surface area contributed by atoms with Gasteiger partial charge in [-0.3, -0.25) is 4.98 Å². The quantitative estimate of drug-likeness (QED) is 0.217. The molecule has 1 aliphatic carbocycles. The van der Waals surface area contributed by atoms with E-state index < -0.39 is 11.6 Å². The molecule has 3 aromatic heterocycles. The number of ether oxygens (including phenoxy) is 3. The molecule has 12 heteroatoms. The smallest absolute Gasteiger partial charge is 0.229 e. The van der Waals surface area contributed by atoms with Crippen LogP contribution in [0.15, 0.2) is 48.9 Å². The minimum atomic E-state index is -0.714. The summed E-state index contributed by atoms with van der Waals surface area (Å²) in [5.41, 5.74) is 9.33. The van der Waals surface area contributed by atoms with Crippen molar-refractivity contribution in [3.8, 4) is 17.3 Å². The molecule has 4 aromatic rings. The van der Waals surface area contributed by atoms with Crippen molar-refractivity contribution in [2.24, 2.45) is 11.7 Å². The molecule has 4 unspecified atom stereocenters. The highest BCUT2D eigenvalue weighted by atomic mass is 19.1. The normalized spacial score (nSPS) is 22.4. The monoisotopic (exact) mass is 617 g/mol. The second-order valence-electron chi connectivity index (χ2n) is 11.8. The van der Waals surface area contributed by atoms with E-state index in [1.807, 2.05) is 6.07 Å². The maximum atomic E-state index is 15.3. The molecule has 6 rings (SSSR count). The Morgan fingerprint density at radius 2 is 1.91 bits per heavy atom. The first kappa shape index (κ1) is 31.0. The number of aromatic nitrogens is 4. The van der Waals surface area contributed by atoms with Crippen LogP contribution in [-0.2, 0) is 20.8 Å². The van der Waals surface area contributed by atoms with Crippen LogP contribution >= 0.6 is 0 Å². The number of anilines is 2. The number of rotatable bonds is 10. The number of hydrogen-bond donors (Lipinski definition) is 2. The Balaban J connectivity index is 1.21. The van der Waals surface area contributed by atoms with Crippen LogP contribution in [0, 0.1) is 28.9 Å². The van der Waals surface area contributed by atoms with Gasteiger partial charge < -0.3 is 25.3 Å². The van der Waals surface area contributed by atoms with Crippen molar-refractivity contribution in [2.45, 2.75) is 69.8 Å². The van der Waals surface area contributed by atoms with Gasteiger partial charge in [-0.2, -0.15) is 14.9 Å². The zero-order chi connectivity index (χ0) is 31.3. The molecule has 0 bridgehead atoms. The average molecular weight is 618 g/mol. The molecule has 4 atom stereocenters. The fraction of sp³-hybridized carbons (Fsp3) is 0.455. The molecular weight excluding hydrogens is 580 g/mol. The van der Waals surface area contributed by atoms with Gasteiger partial charge in [0.15, 0.2) is 0 Å². The van der Waals surface area contributed by atoms with E-state index in [2.05, 4.69) is 33.4 Å². The highest BCUT2D eigenvalue weighted by molar-refractivity contribution is 5.66. The average Bonchev–Trinajstić information content (AvgIpc) is 3.43. The standard InChI is InChI=1S/C33H37F2N7O3/c1-20-13-22(16-28(37)32(20)44-10-2-8-36)25-5-9-38-18-30(25)40-33-39-17-23-3-4-29(41-42(23)33)31-26(34)14-21(15-27(31)35)19-45-24-6-11-43-12-7-24/h3-5,9,14-15,17-18,20,22,24,28,32H,2,6-7,10-13,16,19,37H2,1H3,(H,39,40). The van der Waals surface area contributed by atoms with E-state index >= 15 is 8.78 Å². The van der Waals surface area contributed by atoms with Crippen molar-refractivity contribution < 1.29 is 23.0 Å². The van der Waals surface area contributed by atoms with E-state index in [0.29, 0.717) is 49.7 Å². The summed E-state index contributed by atoms with van der Waals surface area (Å²) in [6, 6.07) is 9.80. The molecule has 4 heterocycles. The van der Waals surface area contributed by atoms with Crippen LogP contribution in [0.1, 0.15) is 56.1 Å². The van der Waals surface area contributed by atoms with Gasteiger partial charge in [0.05, 0.1) is 72.8 Å². The number of nitrogens with two attached hydrogens (primary N) is 1. The molecule has 236 valence electrons. The summed E-state index contributed by atoms with van der Waals surface area (Å²) in [6.07, 6.45) is 8.45. The molecule has 1 aliphatic heterocycles. The van der Waals surface area contributed by atoms with Gasteiger partial charge in [0.2, 0.25) is 5.95 Å². The first-order valence-corrected chi connectivity index (χ1v) is 15.4. The number of nitrogens with one attached hydrogen (secondary N) is 1. The SMILES string of the molecule is CC1CC(c2ccncc2Nc2ncc3ccc(-c4c(F)cc(COC5CCOCC5)cc4F)nn23)CC(N)C1OCCC#N. The lowest BCUT2D eigenvalue weighted by atomic mass is 9.74. The summed E-state index contributed by atoms with van der Waals surface area (Å²) < 4.78 is 49.3. The van der Waals surface area contributed by atoms with Gasteiger partial charge in [0.25, 0.3) is 0 Å². The molecule has 0 amide bonds. The Morgan fingerprint density at radius 3 is 2.67 bits per heavy atom. The van der Waals surface area contributed by atoms with E-state index in [4.69, 9.17) is 25.2 Å². The topological polar surface area (TPSA) is 133 Å². The molecule has 0 spiro atoms. The highest BCUT2D eigenvalue weighted by Crippen LogP contribution is 2.40. The summed E-state index contributed by atoms with van der Waals surface area (Å²) in [7, 11) is 0. The number of halogens is 2. The van der Waals surface area contributed by atoms with Gasteiger partial charge in [-0.25, -0.2) is 13.8 Å². The summed E-state index contributed by atoms with van der Waals surface area (Å²) in [5, 5.41) is 16.8. The number of nitriles is 1. The highest BCUT2D eigenvalue weighted by Gasteiger charge is 2.36. The van der Waals surface area contributed by atoms with E-state index in [1.54, 1.807) is 30.7 Å². The summed E-state index contributed by atoms with van der Waals surface area (Å²) in [4.78, 5) is 8.82. The number of pyridine rings is 1. The minimum absolute atomic E-state index is 0.0189. The van der Waals surface area contributed by atoms with Crippen molar-refractivity contribution in [2.75, 3.05) is 25.1 Å². The Bertz CT molecular complexity index is 1630.